The highest BCUT2D eigenvalue weighted by Crippen LogP contribution is 2.10. The van der Waals surface area contributed by atoms with E-state index in [-0.39, 0.29) is 6.61 Å². The van der Waals surface area contributed by atoms with Crippen molar-refractivity contribution < 1.29 is 9.52 Å². The largest absolute Gasteiger partial charge is 0.462 e. The molecule has 0 radical (unpaired) electrons. The first-order valence-electron chi connectivity index (χ1n) is 5.71. The normalized spacial score (nSPS) is 12.8. The molecule has 2 heterocycles. The summed E-state index contributed by atoms with van der Waals surface area (Å²) in [6.07, 6.45) is 1.02. The SMILES string of the molecule is CC(Cc1ccsc1)NCc1ccc(CO)o1. The third kappa shape index (κ3) is 3.70. The number of aliphatic hydroxyl groups is 1. The lowest BCUT2D eigenvalue weighted by atomic mass is 10.1. The van der Waals surface area contributed by atoms with E-state index in [0.717, 1.165) is 12.2 Å². The Morgan fingerprint density at radius 3 is 2.82 bits per heavy atom. The average Bonchev–Trinajstić information content (AvgIpc) is 2.96. The van der Waals surface area contributed by atoms with E-state index in [1.54, 1.807) is 17.4 Å². The third-order valence-electron chi connectivity index (χ3n) is 2.62. The van der Waals surface area contributed by atoms with Crippen LogP contribution in [0.1, 0.15) is 24.0 Å². The van der Waals surface area contributed by atoms with Gasteiger partial charge < -0.3 is 14.8 Å². The lowest BCUT2D eigenvalue weighted by molar-refractivity contribution is 0.242. The topological polar surface area (TPSA) is 45.4 Å². The van der Waals surface area contributed by atoms with Gasteiger partial charge in [0.25, 0.3) is 0 Å². The van der Waals surface area contributed by atoms with E-state index in [1.807, 2.05) is 6.07 Å². The Morgan fingerprint density at radius 2 is 2.18 bits per heavy atom. The summed E-state index contributed by atoms with van der Waals surface area (Å²) in [5.41, 5.74) is 1.37. The molecule has 0 aliphatic heterocycles. The summed E-state index contributed by atoms with van der Waals surface area (Å²) < 4.78 is 5.41. The van der Waals surface area contributed by atoms with Gasteiger partial charge in [0.2, 0.25) is 0 Å². The van der Waals surface area contributed by atoms with Gasteiger partial charge in [-0.05, 0) is 47.9 Å². The van der Waals surface area contributed by atoms with Crippen LogP contribution in [0, 0.1) is 0 Å². The van der Waals surface area contributed by atoms with E-state index in [0.29, 0.717) is 18.3 Å². The second-order valence-corrected chi connectivity index (χ2v) is 4.92. The highest BCUT2D eigenvalue weighted by Gasteiger charge is 2.05. The Morgan fingerprint density at radius 1 is 1.35 bits per heavy atom. The van der Waals surface area contributed by atoms with E-state index < -0.39 is 0 Å². The van der Waals surface area contributed by atoms with Crippen LogP contribution in [-0.2, 0) is 19.6 Å². The van der Waals surface area contributed by atoms with Crippen LogP contribution in [0.2, 0.25) is 0 Å². The molecule has 2 aromatic rings. The van der Waals surface area contributed by atoms with Crippen molar-refractivity contribution in [2.24, 2.45) is 0 Å². The molecule has 0 aliphatic carbocycles. The molecule has 0 amide bonds. The highest BCUT2D eigenvalue weighted by molar-refractivity contribution is 7.07. The van der Waals surface area contributed by atoms with Crippen LogP contribution >= 0.6 is 11.3 Å². The van der Waals surface area contributed by atoms with Crippen LogP contribution in [0.5, 0.6) is 0 Å². The van der Waals surface area contributed by atoms with Crippen LogP contribution in [0.3, 0.4) is 0 Å². The Balaban J connectivity index is 1.77. The fourth-order valence-electron chi connectivity index (χ4n) is 1.71. The standard InChI is InChI=1S/C13H17NO2S/c1-10(6-11-4-5-17-9-11)14-7-12-2-3-13(8-15)16-12/h2-5,9-10,14-15H,6-8H2,1H3. The van der Waals surface area contributed by atoms with E-state index >= 15 is 0 Å². The van der Waals surface area contributed by atoms with Crippen molar-refractivity contribution in [3.63, 3.8) is 0 Å². The van der Waals surface area contributed by atoms with Gasteiger partial charge in [-0.1, -0.05) is 0 Å². The van der Waals surface area contributed by atoms with Gasteiger partial charge in [0, 0.05) is 6.04 Å². The smallest absolute Gasteiger partial charge is 0.129 e. The average molecular weight is 251 g/mol. The van der Waals surface area contributed by atoms with Crippen molar-refractivity contribution in [2.45, 2.75) is 32.5 Å². The summed E-state index contributed by atoms with van der Waals surface area (Å²) >= 11 is 1.73. The number of rotatable bonds is 6. The summed E-state index contributed by atoms with van der Waals surface area (Å²) in [7, 11) is 0. The first-order chi connectivity index (χ1) is 8.28. The summed E-state index contributed by atoms with van der Waals surface area (Å²) in [5.74, 6) is 1.48. The molecule has 92 valence electrons. The quantitative estimate of drug-likeness (QED) is 0.829. The molecule has 2 N–H and O–H groups in total. The first kappa shape index (κ1) is 12.4. The van der Waals surface area contributed by atoms with Crippen LogP contribution in [0.4, 0.5) is 0 Å². The van der Waals surface area contributed by atoms with Crippen LogP contribution in [0.25, 0.3) is 0 Å². The monoisotopic (exact) mass is 251 g/mol. The van der Waals surface area contributed by atoms with Gasteiger partial charge in [-0.25, -0.2) is 0 Å². The van der Waals surface area contributed by atoms with E-state index in [2.05, 4.69) is 29.1 Å². The molecular weight excluding hydrogens is 234 g/mol. The van der Waals surface area contributed by atoms with Crippen molar-refractivity contribution in [2.75, 3.05) is 0 Å². The minimum absolute atomic E-state index is 0.0372. The zero-order valence-electron chi connectivity index (χ0n) is 9.85. The highest BCUT2D eigenvalue weighted by atomic mass is 32.1. The van der Waals surface area contributed by atoms with E-state index in [9.17, 15) is 0 Å². The fraction of sp³-hybridized carbons (Fsp3) is 0.385. The van der Waals surface area contributed by atoms with Crippen molar-refractivity contribution in [3.05, 3.63) is 46.0 Å². The van der Waals surface area contributed by atoms with E-state index in [1.165, 1.54) is 5.56 Å². The Hall–Kier alpha value is -1.10. The predicted octanol–water partition coefficient (Wildman–Crippen LogP) is 2.55. The van der Waals surface area contributed by atoms with Crippen LogP contribution in [-0.4, -0.2) is 11.1 Å². The van der Waals surface area contributed by atoms with Crippen molar-refractivity contribution >= 4 is 11.3 Å². The molecule has 17 heavy (non-hydrogen) atoms. The predicted molar refractivity (Wildman–Crippen MR) is 69.0 cm³/mol. The number of aliphatic hydroxyl groups excluding tert-OH is 1. The maximum Gasteiger partial charge on any atom is 0.129 e. The number of hydrogen-bond acceptors (Lipinski definition) is 4. The van der Waals surface area contributed by atoms with Gasteiger partial charge in [0.1, 0.15) is 18.1 Å². The molecular formula is C13H17NO2S. The number of thiophene rings is 1. The number of nitrogens with one attached hydrogen (secondary N) is 1. The maximum absolute atomic E-state index is 8.89. The molecule has 0 spiro atoms. The van der Waals surface area contributed by atoms with Gasteiger partial charge in [-0.2, -0.15) is 11.3 Å². The molecule has 2 aromatic heterocycles. The minimum atomic E-state index is -0.0372. The summed E-state index contributed by atoms with van der Waals surface area (Å²) in [4.78, 5) is 0. The molecule has 1 atom stereocenters. The van der Waals surface area contributed by atoms with E-state index in [4.69, 9.17) is 9.52 Å². The zero-order chi connectivity index (χ0) is 12.1. The second-order valence-electron chi connectivity index (χ2n) is 4.14. The second kappa shape index (κ2) is 6.00. The van der Waals surface area contributed by atoms with Gasteiger partial charge in [0.05, 0.1) is 6.54 Å². The first-order valence-corrected chi connectivity index (χ1v) is 6.65. The Kier molecular flexibility index (Phi) is 4.36. The third-order valence-corrected chi connectivity index (χ3v) is 3.35. The minimum Gasteiger partial charge on any atom is -0.462 e. The van der Waals surface area contributed by atoms with Gasteiger partial charge in [-0.15, -0.1) is 0 Å². The Labute approximate surface area is 105 Å². The summed E-state index contributed by atoms with van der Waals surface area (Å²) in [6.45, 7) is 2.82. The maximum atomic E-state index is 8.89. The molecule has 0 aliphatic rings. The lowest BCUT2D eigenvalue weighted by Gasteiger charge is -2.11. The van der Waals surface area contributed by atoms with Gasteiger partial charge >= 0.3 is 0 Å². The fourth-order valence-corrected chi connectivity index (χ4v) is 2.39. The Bertz CT molecular complexity index is 436. The summed E-state index contributed by atoms with van der Waals surface area (Å²) in [5, 5.41) is 16.6. The van der Waals surface area contributed by atoms with Gasteiger partial charge in [0.15, 0.2) is 0 Å². The molecule has 0 bridgehead atoms. The van der Waals surface area contributed by atoms with Crippen LogP contribution < -0.4 is 5.32 Å². The molecule has 0 aromatic carbocycles. The molecule has 0 saturated carbocycles. The molecule has 0 fully saturated rings. The molecule has 3 nitrogen and oxygen atoms in total. The number of hydrogen-bond donors (Lipinski definition) is 2. The molecule has 1 unspecified atom stereocenters. The summed E-state index contributed by atoms with van der Waals surface area (Å²) in [6, 6.07) is 6.27. The number of furan rings is 1. The lowest BCUT2D eigenvalue weighted by Crippen LogP contribution is -2.27. The molecule has 4 heteroatoms. The van der Waals surface area contributed by atoms with Crippen molar-refractivity contribution in [1.29, 1.82) is 0 Å². The van der Waals surface area contributed by atoms with Crippen molar-refractivity contribution in [3.8, 4) is 0 Å². The molecule has 0 saturated heterocycles. The molecule has 2 rings (SSSR count). The zero-order valence-corrected chi connectivity index (χ0v) is 10.7. The van der Waals surface area contributed by atoms with Gasteiger partial charge in [-0.3, -0.25) is 0 Å². The van der Waals surface area contributed by atoms with Crippen LogP contribution in [0.15, 0.2) is 33.4 Å². The van der Waals surface area contributed by atoms with Crippen molar-refractivity contribution in [1.82, 2.24) is 5.32 Å².